The van der Waals surface area contributed by atoms with Crippen LogP contribution in [0.1, 0.15) is 35.5 Å². The van der Waals surface area contributed by atoms with Crippen molar-refractivity contribution in [1.82, 2.24) is 14.3 Å². The Morgan fingerprint density at radius 2 is 1.90 bits per heavy atom. The average molecular weight is 273 g/mol. The van der Waals surface area contributed by atoms with Gasteiger partial charge < -0.3 is 4.57 Å². The van der Waals surface area contributed by atoms with E-state index in [1.54, 1.807) is 29.3 Å². The van der Waals surface area contributed by atoms with Crippen LogP contribution in [0.4, 0.5) is 0 Å². The molecule has 0 saturated carbocycles. The molecule has 0 bridgehead atoms. The predicted octanol–water partition coefficient (Wildman–Crippen LogP) is 2.09. The van der Waals surface area contributed by atoms with Crippen molar-refractivity contribution in [2.45, 2.75) is 34.2 Å². The van der Waals surface area contributed by atoms with Crippen molar-refractivity contribution in [2.24, 2.45) is 7.05 Å². The molecule has 0 unspecified atom stereocenters. The van der Waals surface area contributed by atoms with E-state index in [1.165, 1.54) is 6.92 Å². The molecule has 0 aliphatic heterocycles. The van der Waals surface area contributed by atoms with Crippen LogP contribution in [0, 0.1) is 13.8 Å². The minimum absolute atomic E-state index is 0.0274. The molecule has 2 aromatic heterocycles. The number of aryl methyl sites for hydroxylation is 3. The zero-order valence-electron chi connectivity index (χ0n) is 12.5. The van der Waals surface area contributed by atoms with Gasteiger partial charge in [0.15, 0.2) is 5.78 Å². The fourth-order valence-electron chi connectivity index (χ4n) is 2.52. The molecule has 0 aromatic carbocycles. The van der Waals surface area contributed by atoms with E-state index in [2.05, 4.69) is 5.10 Å². The van der Waals surface area contributed by atoms with Gasteiger partial charge in [-0.15, -0.1) is 0 Å². The Balaban J connectivity index is 2.73. The summed E-state index contributed by atoms with van der Waals surface area (Å²) >= 11 is 0. The number of Topliss-reactive ketones (excluding diaryl/α,β-unsaturated/α-hetero) is 1. The summed E-state index contributed by atoms with van der Waals surface area (Å²) in [5.74, 6) is -0.0274. The van der Waals surface area contributed by atoms with Crippen LogP contribution in [-0.2, 0) is 13.6 Å². The number of rotatable bonds is 3. The number of aromatic nitrogens is 3. The molecule has 0 aliphatic rings. The molecule has 0 atom stereocenters. The summed E-state index contributed by atoms with van der Waals surface area (Å²) in [6.45, 7) is 7.82. The Morgan fingerprint density at radius 1 is 1.25 bits per heavy atom. The van der Waals surface area contributed by atoms with Crippen molar-refractivity contribution >= 4 is 5.78 Å². The van der Waals surface area contributed by atoms with E-state index in [4.69, 9.17) is 0 Å². The van der Waals surface area contributed by atoms with Gasteiger partial charge in [-0.25, -0.2) is 0 Å². The van der Waals surface area contributed by atoms with Crippen LogP contribution in [0.2, 0.25) is 0 Å². The van der Waals surface area contributed by atoms with Crippen LogP contribution in [-0.4, -0.2) is 20.1 Å². The highest BCUT2D eigenvalue weighted by Gasteiger charge is 2.16. The molecule has 2 aromatic rings. The highest BCUT2D eigenvalue weighted by atomic mass is 16.1. The highest BCUT2D eigenvalue weighted by molar-refractivity contribution is 5.93. The van der Waals surface area contributed by atoms with Crippen LogP contribution in [0.3, 0.4) is 0 Å². The van der Waals surface area contributed by atoms with Crippen molar-refractivity contribution in [3.05, 3.63) is 39.3 Å². The molecule has 106 valence electrons. The van der Waals surface area contributed by atoms with Crippen molar-refractivity contribution < 1.29 is 4.79 Å². The quantitative estimate of drug-likeness (QED) is 0.805. The van der Waals surface area contributed by atoms with Crippen molar-refractivity contribution in [3.8, 4) is 11.4 Å². The summed E-state index contributed by atoms with van der Waals surface area (Å²) in [6.07, 6.45) is 0. The van der Waals surface area contributed by atoms with E-state index in [1.807, 2.05) is 19.9 Å². The molecule has 2 rings (SSSR count). The van der Waals surface area contributed by atoms with Gasteiger partial charge in [-0.1, -0.05) is 0 Å². The SMILES string of the molecule is CCn1nc(-c2c(C)cc(C)c(=O)n2C)cc1C(C)=O. The number of ketones is 1. The third-order valence-corrected chi connectivity index (χ3v) is 3.47. The molecule has 20 heavy (non-hydrogen) atoms. The zero-order chi connectivity index (χ0) is 15.0. The Bertz CT molecular complexity index is 738. The summed E-state index contributed by atoms with van der Waals surface area (Å²) in [7, 11) is 1.73. The van der Waals surface area contributed by atoms with Gasteiger partial charge in [0, 0.05) is 26.1 Å². The Hall–Kier alpha value is -2.17. The Kier molecular flexibility index (Phi) is 3.61. The summed E-state index contributed by atoms with van der Waals surface area (Å²) in [4.78, 5) is 23.7. The zero-order valence-corrected chi connectivity index (χ0v) is 12.5. The lowest BCUT2D eigenvalue weighted by atomic mass is 10.1. The third-order valence-electron chi connectivity index (χ3n) is 3.47. The predicted molar refractivity (Wildman–Crippen MR) is 78.1 cm³/mol. The summed E-state index contributed by atoms with van der Waals surface area (Å²) in [5, 5.41) is 4.45. The number of hydrogen-bond acceptors (Lipinski definition) is 3. The van der Waals surface area contributed by atoms with Crippen molar-refractivity contribution in [1.29, 1.82) is 0 Å². The van der Waals surface area contributed by atoms with Gasteiger partial charge in [-0.05, 0) is 38.5 Å². The summed E-state index contributed by atoms with van der Waals surface area (Å²) < 4.78 is 3.26. The van der Waals surface area contributed by atoms with Crippen LogP contribution >= 0.6 is 0 Å². The maximum absolute atomic E-state index is 12.1. The molecule has 0 N–H and O–H groups in total. The van der Waals surface area contributed by atoms with Gasteiger partial charge in [0.2, 0.25) is 0 Å². The van der Waals surface area contributed by atoms with Gasteiger partial charge in [0.05, 0.1) is 5.69 Å². The number of carbonyl (C=O) groups excluding carboxylic acids is 1. The molecule has 0 amide bonds. The highest BCUT2D eigenvalue weighted by Crippen LogP contribution is 2.22. The second kappa shape index (κ2) is 5.07. The van der Waals surface area contributed by atoms with Crippen LogP contribution in [0.15, 0.2) is 16.9 Å². The van der Waals surface area contributed by atoms with Gasteiger partial charge in [-0.3, -0.25) is 14.3 Å². The largest absolute Gasteiger partial charge is 0.309 e. The van der Waals surface area contributed by atoms with Crippen LogP contribution < -0.4 is 5.56 Å². The molecule has 0 aliphatic carbocycles. The molecule has 0 radical (unpaired) electrons. The molecular weight excluding hydrogens is 254 g/mol. The minimum atomic E-state index is -0.0407. The van der Waals surface area contributed by atoms with Gasteiger partial charge in [-0.2, -0.15) is 5.10 Å². The van der Waals surface area contributed by atoms with Crippen molar-refractivity contribution in [3.63, 3.8) is 0 Å². The first kappa shape index (κ1) is 14.2. The minimum Gasteiger partial charge on any atom is -0.309 e. The molecular formula is C15H19N3O2. The Morgan fingerprint density at radius 3 is 2.40 bits per heavy atom. The second-order valence-corrected chi connectivity index (χ2v) is 5.01. The monoisotopic (exact) mass is 273 g/mol. The topological polar surface area (TPSA) is 56.9 Å². The smallest absolute Gasteiger partial charge is 0.253 e. The molecule has 2 heterocycles. The average Bonchev–Trinajstić information content (AvgIpc) is 2.80. The molecule has 0 fully saturated rings. The maximum atomic E-state index is 12.1. The lowest BCUT2D eigenvalue weighted by Crippen LogP contribution is -2.21. The first-order valence-corrected chi connectivity index (χ1v) is 6.63. The van der Waals surface area contributed by atoms with Crippen molar-refractivity contribution in [2.75, 3.05) is 0 Å². The van der Waals surface area contributed by atoms with Gasteiger partial charge in [0.1, 0.15) is 11.4 Å². The van der Waals surface area contributed by atoms with E-state index >= 15 is 0 Å². The van der Waals surface area contributed by atoms with E-state index in [-0.39, 0.29) is 11.3 Å². The van der Waals surface area contributed by atoms with E-state index in [9.17, 15) is 9.59 Å². The maximum Gasteiger partial charge on any atom is 0.253 e. The Labute approximate surface area is 117 Å². The molecule has 5 heteroatoms. The standard InChI is InChI=1S/C15H19N3O2/c1-6-18-13(11(4)19)8-12(16-18)14-9(2)7-10(3)15(20)17(14)5/h7-8H,6H2,1-5H3. The van der Waals surface area contributed by atoms with Crippen LogP contribution in [0.25, 0.3) is 11.4 Å². The number of pyridine rings is 1. The molecule has 0 saturated heterocycles. The normalized spacial score (nSPS) is 10.8. The van der Waals surface area contributed by atoms with E-state index in [0.717, 1.165) is 11.3 Å². The van der Waals surface area contributed by atoms with E-state index in [0.29, 0.717) is 23.5 Å². The lowest BCUT2D eigenvalue weighted by molar-refractivity contribution is 0.100. The molecule has 0 spiro atoms. The number of hydrogen-bond donors (Lipinski definition) is 0. The summed E-state index contributed by atoms with van der Waals surface area (Å²) in [6, 6.07) is 3.61. The third kappa shape index (κ3) is 2.19. The fourth-order valence-corrected chi connectivity index (χ4v) is 2.52. The first-order chi connectivity index (χ1) is 9.36. The second-order valence-electron chi connectivity index (χ2n) is 5.01. The summed E-state index contributed by atoms with van der Waals surface area (Å²) in [5.41, 5.74) is 3.62. The van der Waals surface area contributed by atoms with Crippen LogP contribution in [0.5, 0.6) is 0 Å². The fraction of sp³-hybridized carbons (Fsp3) is 0.400. The lowest BCUT2D eigenvalue weighted by Gasteiger charge is -2.10. The van der Waals surface area contributed by atoms with Gasteiger partial charge >= 0.3 is 0 Å². The van der Waals surface area contributed by atoms with E-state index < -0.39 is 0 Å². The number of nitrogens with zero attached hydrogens (tertiary/aromatic N) is 3. The van der Waals surface area contributed by atoms with Gasteiger partial charge in [0.25, 0.3) is 5.56 Å². The number of carbonyl (C=O) groups is 1. The first-order valence-electron chi connectivity index (χ1n) is 6.63. The molecule has 5 nitrogen and oxygen atoms in total.